The van der Waals surface area contributed by atoms with Crippen LogP contribution in [0.2, 0.25) is 0 Å². The van der Waals surface area contributed by atoms with Crippen LogP contribution in [-0.4, -0.2) is 44.3 Å². The van der Waals surface area contributed by atoms with Crippen molar-refractivity contribution in [1.82, 2.24) is 0 Å². The van der Waals surface area contributed by atoms with Gasteiger partial charge < -0.3 is 20.4 Å². The van der Waals surface area contributed by atoms with Gasteiger partial charge in [-0.25, -0.2) is 9.59 Å². The van der Waals surface area contributed by atoms with E-state index in [9.17, 15) is 19.2 Å². The summed E-state index contributed by atoms with van der Waals surface area (Å²) in [5, 5.41) is 33.7. The third kappa shape index (κ3) is 9.28. The molecular weight excluding hydrogens is 308 g/mol. The molecule has 0 saturated carbocycles. The van der Waals surface area contributed by atoms with Crippen molar-refractivity contribution in [1.29, 1.82) is 0 Å². The number of unbranched alkanes of at least 4 members (excludes halogenated alkanes) is 1. The summed E-state index contributed by atoms with van der Waals surface area (Å²) in [5.41, 5.74) is 0.150. The fourth-order valence-electron chi connectivity index (χ4n) is 2.12. The average molecular weight is 330 g/mol. The van der Waals surface area contributed by atoms with Crippen molar-refractivity contribution in [2.45, 2.75) is 51.9 Å². The van der Waals surface area contributed by atoms with Crippen molar-refractivity contribution < 1.29 is 39.6 Å². The third-order valence-electron chi connectivity index (χ3n) is 3.35. The summed E-state index contributed by atoms with van der Waals surface area (Å²) in [6, 6.07) is 0. The molecule has 0 bridgehead atoms. The highest BCUT2D eigenvalue weighted by Crippen LogP contribution is 2.29. The van der Waals surface area contributed by atoms with Gasteiger partial charge in [0.2, 0.25) is 0 Å². The van der Waals surface area contributed by atoms with Crippen LogP contribution in [0, 0.1) is 5.92 Å². The molecule has 0 spiro atoms. The Balaban J connectivity index is 0.000000438. The minimum Gasteiger partial charge on any atom is -0.481 e. The lowest BCUT2D eigenvalue weighted by atomic mass is 9.85. The van der Waals surface area contributed by atoms with Gasteiger partial charge in [0.1, 0.15) is 0 Å². The molecule has 8 nitrogen and oxygen atoms in total. The monoisotopic (exact) mass is 330 g/mol. The SMILES string of the molecule is CC1CCC(C(=O)O)=C(C(=O)O)C1.O=C(O)CCCCC(=O)O. The van der Waals surface area contributed by atoms with E-state index >= 15 is 0 Å². The summed E-state index contributed by atoms with van der Waals surface area (Å²) >= 11 is 0. The maximum Gasteiger partial charge on any atom is 0.332 e. The molecule has 0 amide bonds. The minimum atomic E-state index is -1.09. The Morgan fingerprint density at radius 1 is 0.870 bits per heavy atom. The van der Waals surface area contributed by atoms with Gasteiger partial charge in [-0.05, 0) is 38.0 Å². The number of hydrogen-bond donors (Lipinski definition) is 4. The zero-order valence-electron chi connectivity index (χ0n) is 12.9. The van der Waals surface area contributed by atoms with Gasteiger partial charge in [0.05, 0.1) is 0 Å². The quantitative estimate of drug-likeness (QED) is 0.518. The lowest BCUT2D eigenvalue weighted by Crippen LogP contribution is -2.18. The highest BCUT2D eigenvalue weighted by atomic mass is 16.4. The molecule has 23 heavy (non-hydrogen) atoms. The molecule has 8 heteroatoms. The van der Waals surface area contributed by atoms with Crippen LogP contribution in [0.25, 0.3) is 0 Å². The summed E-state index contributed by atoms with van der Waals surface area (Å²) < 4.78 is 0. The second-order valence-electron chi connectivity index (χ2n) is 5.41. The lowest BCUT2D eigenvalue weighted by Gasteiger charge is -2.19. The lowest BCUT2D eigenvalue weighted by molar-refractivity contribution is -0.139. The van der Waals surface area contributed by atoms with Crippen LogP contribution in [-0.2, 0) is 19.2 Å². The number of rotatable bonds is 7. The predicted molar refractivity (Wildman–Crippen MR) is 79.1 cm³/mol. The van der Waals surface area contributed by atoms with Gasteiger partial charge in [-0.1, -0.05) is 6.92 Å². The molecule has 0 radical (unpaired) electrons. The molecule has 1 rings (SSSR count). The van der Waals surface area contributed by atoms with E-state index in [4.69, 9.17) is 20.4 Å². The third-order valence-corrected chi connectivity index (χ3v) is 3.35. The van der Waals surface area contributed by atoms with Crippen molar-refractivity contribution >= 4 is 23.9 Å². The molecule has 4 N–H and O–H groups in total. The number of aliphatic carboxylic acids is 4. The van der Waals surface area contributed by atoms with E-state index in [1.165, 1.54) is 0 Å². The normalized spacial score (nSPS) is 17.0. The van der Waals surface area contributed by atoms with Crippen molar-refractivity contribution in [3.8, 4) is 0 Å². The Labute approximate surface area is 133 Å². The smallest absolute Gasteiger partial charge is 0.332 e. The van der Waals surface area contributed by atoms with Crippen LogP contribution in [0.4, 0.5) is 0 Å². The molecule has 0 aliphatic heterocycles. The van der Waals surface area contributed by atoms with E-state index in [2.05, 4.69) is 0 Å². The number of carboxylic acids is 4. The second kappa shape index (κ2) is 10.4. The van der Waals surface area contributed by atoms with Crippen LogP contribution in [0.15, 0.2) is 11.1 Å². The molecule has 0 fully saturated rings. The fraction of sp³-hybridized carbons (Fsp3) is 0.600. The molecule has 0 aromatic heterocycles. The Hall–Kier alpha value is -2.38. The Bertz CT molecular complexity index is 476. The van der Waals surface area contributed by atoms with E-state index in [0.717, 1.165) is 6.42 Å². The van der Waals surface area contributed by atoms with Gasteiger partial charge in [-0.3, -0.25) is 9.59 Å². The minimum absolute atomic E-state index is 0.0628. The van der Waals surface area contributed by atoms with E-state index in [1.807, 2.05) is 6.92 Å². The van der Waals surface area contributed by atoms with E-state index in [1.54, 1.807) is 0 Å². The van der Waals surface area contributed by atoms with E-state index < -0.39 is 23.9 Å². The Morgan fingerprint density at radius 3 is 1.65 bits per heavy atom. The number of carbonyl (C=O) groups is 4. The fourth-order valence-corrected chi connectivity index (χ4v) is 2.12. The molecule has 0 heterocycles. The maximum atomic E-state index is 10.7. The summed E-state index contributed by atoms with van der Waals surface area (Å²) in [6.07, 6.45) is 2.53. The van der Waals surface area contributed by atoms with Gasteiger partial charge in [-0.2, -0.15) is 0 Å². The molecule has 1 atom stereocenters. The molecule has 0 aromatic rings. The van der Waals surface area contributed by atoms with Crippen molar-refractivity contribution in [2.75, 3.05) is 0 Å². The predicted octanol–water partition coefficient (Wildman–Crippen LogP) is 1.99. The maximum absolute atomic E-state index is 10.7. The molecule has 0 aromatic carbocycles. The first-order chi connectivity index (χ1) is 10.6. The van der Waals surface area contributed by atoms with Crippen LogP contribution in [0.1, 0.15) is 51.9 Å². The van der Waals surface area contributed by atoms with Crippen LogP contribution in [0.5, 0.6) is 0 Å². The zero-order chi connectivity index (χ0) is 18.0. The molecule has 1 unspecified atom stereocenters. The first kappa shape index (κ1) is 20.6. The highest BCUT2D eigenvalue weighted by molar-refractivity contribution is 5.99. The molecule has 1 aliphatic carbocycles. The Kier molecular flexibility index (Phi) is 9.29. The summed E-state index contributed by atoms with van der Waals surface area (Å²) in [4.78, 5) is 41.1. The molecule has 130 valence electrons. The summed E-state index contributed by atoms with van der Waals surface area (Å²) in [5.74, 6) is -3.65. The standard InChI is InChI=1S/C9H12O4.C6H10O4/c1-5-2-3-6(8(10)11)7(4-5)9(12)13;7-5(8)3-1-2-4-6(9)10/h5H,2-4H2,1H3,(H,10,11)(H,12,13);1-4H2,(H,7,8)(H,9,10). The van der Waals surface area contributed by atoms with E-state index in [0.29, 0.717) is 25.7 Å². The van der Waals surface area contributed by atoms with Crippen molar-refractivity contribution in [3.63, 3.8) is 0 Å². The largest absolute Gasteiger partial charge is 0.481 e. The van der Waals surface area contributed by atoms with Gasteiger partial charge in [0.15, 0.2) is 0 Å². The second-order valence-corrected chi connectivity index (χ2v) is 5.41. The average Bonchev–Trinajstić information content (AvgIpc) is 2.43. The van der Waals surface area contributed by atoms with Crippen LogP contribution in [0.3, 0.4) is 0 Å². The van der Waals surface area contributed by atoms with Gasteiger partial charge in [-0.15, -0.1) is 0 Å². The molecule has 1 aliphatic rings. The highest BCUT2D eigenvalue weighted by Gasteiger charge is 2.26. The topological polar surface area (TPSA) is 149 Å². The molecule has 0 saturated heterocycles. The first-order valence-corrected chi connectivity index (χ1v) is 7.27. The Morgan fingerprint density at radius 2 is 1.30 bits per heavy atom. The van der Waals surface area contributed by atoms with Gasteiger partial charge >= 0.3 is 23.9 Å². The number of hydrogen-bond acceptors (Lipinski definition) is 4. The van der Waals surface area contributed by atoms with Crippen LogP contribution >= 0.6 is 0 Å². The van der Waals surface area contributed by atoms with Crippen LogP contribution < -0.4 is 0 Å². The first-order valence-electron chi connectivity index (χ1n) is 7.27. The summed E-state index contributed by atoms with van der Waals surface area (Å²) in [6.45, 7) is 1.93. The van der Waals surface area contributed by atoms with E-state index in [-0.39, 0.29) is 29.9 Å². The number of carboxylic acid groups (broad SMARTS) is 4. The van der Waals surface area contributed by atoms with Gasteiger partial charge in [0.25, 0.3) is 0 Å². The molecular formula is C15H22O8. The van der Waals surface area contributed by atoms with Crippen molar-refractivity contribution in [2.24, 2.45) is 5.92 Å². The summed E-state index contributed by atoms with van der Waals surface area (Å²) in [7, 11) is 0. The van der Waals surface area contributed by atoms with Gasteiger partial charge in [0, 0.05) is 24.0 Å². The zero-order valence-corrected chi connectivity index (χ0v) is 12.9. The van der Waals surface area contributed by atoms with Crippen molar-refractivity contribution in [3.05, 3.63) is 11.1 Å².